The summed E-state index contributed by atoms with van der Waals surface area (Å²) in [7, 11) is -4.08. The predicted octanol–water partition coefficient (Wildman–Crippen LogP) is 5.31. The normalized spacial score (nSPS) is 12.2. The van der Waals surface area contributed by atoms with Gasteiger partial charge in [0.1, 0.15) is 18.4 Å². The number of sulfonamides is 1. The molecule has 3 aromatic carbocycles. The number of carbonyl (C=O) groups is 2. The van der Waals surface area contributed by atoms with Gasteiger partial charge < -0.3 is 10.2 Å². The third kappa shape index (κ3) is 8.68. The van der Waals surface area contributed by atoms with Crippen molar-refractivity contribution < 1.29 is 22.4 Å². The first-order chi connectivity index (χ1) is 18.9. The average molecular weight is 609 g/mol. The second-order valence-electron chi connectivity index (χ2n) is 9.82. The number of anilines is 1. The Hall–Kier alpha value is -3.14. The Morgan fingerprint density at radius 3 is 2.23 bits per heavy atom. The summed E-state index contributed by atoms with van der Waals surface area (Å²) in [6, 6.07) is 18.2. The second kappa shape index (κ2) is 14.0. The maximum absolute atomic E-state index is 14.7. The lowest BCUT2D eigenvalue weighted by Gasteiger charge is -2.34. The molecule has 40 heavy (non-hydrogen) atoms. The summed E-state index contributed by atoms with van der Waals surface area (Å²) in [4.78, 5) is 28.9. The van der Waals surface area contributed by atoms with Crippen LogP contribution in [0.5, 0.6) is 0 Å². The van der Waals surface area contributed by atoms with E-state index in [1.165, 1.54) is 29.2 Å². The fourth-order valence-corrected chi connectivity index (χ4v) is 5.38. The van der Waals surface area contributed by atoms with Crippen molar-refractivity contribution >= 4 is 50.7 Å². The van der Waals surface area contributed by atoms with Gasteiger partial charge in [-0.2, -0.15) is 0 Å². The van der Waals surface area contributed by atoms with Crippen LogP contribution in [0.15, 0.2) is 72.8 Å². The number of benzene rings is 3. The lowest BCUT2D eigenvalue weighted by Crippen LogP contribution is -2.53. The molecular formula is C29H32Cl2FN3O4S. The van der Waals surface area contributed by atoms with Crippen molar-refractivity contribution in [3.8, 4) is 0 Å². The molecule has 11 heteroatoms. The highest BCUT2D eigenvalue weighted by Crippen LogP contribution is 2.26. The fraction of sp³-hybridized carbons (Fsp3) is 0.310. The van der Waals surface area contributed by atoms with Crippen molar-refractivity contribution in [1.82, 2.24) is 10.2 Å². The zero-order valence-electron chi connectivity index (χ0n) is 22.5. The van der Waals surface area contributed by atoms with Crippen LogP contribution < -0.4 is 9.62 Å². The number of amides is 2. The molecule has 0 unspecified atom stereocenters. The monoisotopic (exact) mass is 607 g/mol. The van der Waals surface area contributed by atoms with Crippen molar-refractivity contribution in [2.24, 2.45) is 5.92 Å². The fourth-order valence-electron chi connectivity index (χ4n) is 4.06. The van der Waals surface area contributed by atoms with E-state index < -0.39 is 40.2 Å². The predicted molar refractivity (Wildman–Crippen MR) is 157 cm³/mol. The van der Waals surface area contributed by atoms with Gasteiger partial charge in [0.2, 0.25) is 21.8 Å². The highest BCUT2D eigenvalue weighted by molar-refractivity contribution is 7.92. The second-order valence-corrected chi connectivity index (χ2v) is 12.6. The molecule has 0 aliphatic carbocycles. The van der Waals surface area contributed by atoms with Gasteiger partial charge in [0.15, 0.2) is 0 Å². The minimum Gasteiger partial charge on any atom is -0.354 e. The van der Waals surface area contributed by atoms with Crippen molar-refractivity contribution in [2.75, 3.05) is 23.7 Å². The molecule has 0 saturated carbocycles. The molecule has 0 aromatic heterocycles. The van der Waals surface area contributed by atoms with Crippen LogP contribution in [0.2, 0.25) is 10.0 Å². The first-order valence-corrected chi connectivity index (χ1v) is 15.2. The summed E-state index contributed by atoms with van der Waals surface area (Å²) in [5.74, 6) is -1.77. The van der Waals surface area contributed by atoms with Gasteiger partial charge in [0.05, 0.1) is 11.9 Å². The topological polar surface area (TPSA) is 86.8 Å². The Bertz CT molecular complexity index is 1440. The van der Waals surface area contributed by atoms with Crippen molar-refractivity contribution in [1.29, 1.82) is 0 Å². The van der Waals surface area contributed by atoms with E-state index in [1.807, 2.05) is 44.2 Å². The average Bonchev–Trinajstić information content (AvgIpc) is 2.89. The van der Waals surface area contributed by atoms with Gasteiger partial charge in [-0.1, -0.05) is 85.6 Å². The third-order valence-corrected chi connectivity index (χ3v) is 7.83. The first kappa shape index (κ1) is 31.4. The molecule has 0 aliphatic heterocycles. The van der Waals surface area contributed by atoms with Gasteiger partial charge in [-0.05, 0) is 41.3 Å². The molecule has 0 aliphatic rings. The molecular weight excluding hydrogens is 576 g/mol. The molecule has 1 atom stereocenters. The number of rotatable bonds is 12. The van der Waals surface area contributed by atoms with Crippen molar-refractivity contribution in [2.45, 2.75) is 32.9 Å². The quantitative estimate of drug-likeness (QED) is 0.302. The standard InChI is InChI=1S/C29H32Cl2FN3O4S/c1-20(2)17-33-29(37)27(15-21-9-5-4-6-10-21)34(18-22-13-14-23(30)16-24(22)31)28(36)19-35(40(3,38)39)26-12-8-7-11-25(26)32/h4-14,16,20,27H,15,17-19H2,1-3H3,(H,33,37)/t27-/m1/s1. The molecule has 7 nitrogen and oxygen atoms in total. The minimum absolute atomic E-state index is 0.115. The summed E-state index contributed by atoms with van der Waals surface area (Å²) in [6.07, 6.45) is 1.05. The lowest BCUT2D eigenvalue weighted by atomic mass is 10.0. The van der Waals surface area contributed by atoms with Crippen LogP contribution in [0.1, 0.15) is 25.0 Å². The Morgan fingerprint density at radius 2 is 1.62 bits per heavy atom. The minimum atomic E-state index is -4.08. The van der Waals surface area contributed by atoms with E-state index in [4.69, 9.17) is 23.2 Å². The summed E-state index contributed by atoms with van der Waals surface area (Å²) in [5.41, 5.74) is 1.03. The number of carbonyl (C=O) groups excluding carboxylic acids is 2. The zero-order valence-corrected chi connectivity index (χ0v) is 24.8. The highest BCUT2D eigenvalue weighted by atomic mass is 35.5. The van der Waals surface area contributed by atoms with Crippen LogP contribution in [-0.2, 0) is 32.6 Å². The van der Waals surface area contributed by atoms with E-state index in [1.54, 1.807) is 12.1 Å². The maximum Gasteiger partial charge on any atom is 0.244 e. The van der Waals surface area contributed by atoms with Crippen LogP contribution in [0, 0.1) is 11.7 Å². The van der Waals surface area contributed by atoms with Crippen LogP contribution in [0.4, 0.5) is 10.1 Å². The SMILES string of the molecule is CC(C)CNC(=O)[C@@H](Cc1ccccc1)N(Cc1ccc(Cl)cc1Cl)C(=O)CN(c1ccccc1F)S(C)(=O)=O. The largest absolute Gasteiger partial charge is 0.354 e. The summed E-state index contributed by atoms with van der Waals surface area (Å²) in [6.45, 7) is 3.42. The van der Waals surface area contributed by atoms with E-state index in [9.17, 15) is 22.4 Å². The molecule has 2 amide bonds. The molecule has 3 rings (SSSR count). The van der Waals surface area contributed by atoms with Crippen LogP contribution in [0.3, 0.4) is 0 Å². The van der Waals surface area contributed by atoms with E-state index in [0.29, 0.717) is 21.4 Å². The van der Waals surface area contributed by atoms with E-state index in [0.717, 1.165) is 17.9 Å². The molecule has 0 fully saturated rings. The molecule has 3 aromatic rings. The molecule has 1 N–H and O–H groups in total. The van der Waals surface area contributed by atoms with E-state index in [-0.39, 0.29) is 29.6 Å². The van der Waals surface area contributed by atoms with Crippen LogP contribution in [-0.4, -0.2) is 50.5 Å². The first-order valence-electron chi connectivity index (χ1n) is 12.6. The van der Waals surface area contributed by atoms with Crippen LogP contribution in [0.25, 0.3) is 0 Å². The van der Waals surface area contributed by atoms with Crippen LogP contribution >= 0.6 is 23.2 Å². The molecule has 0 radical (unpaired) electrons. The van der Waals surface area contributed by atoms with Gasteiger partial charge in [0.25, 0.3) is 0 Å². The highest BCUT2D eigenvalue weighted by Gasteiger charge is 2.34. The Balaban J connectivity index is 2.08. The van der Waals surface area contributed by atoms with E-state index in [2.05, 4.69) is 5.32 Å². The smallest absolute Gasteiger partial charge is 0.244 e. The Labute approximate surface area is 244 Å². The number of hydrogen-bond acceptors (Lipinski definition) is 4. The van der Waals surface area contributed by atoms with E-state index >= 15 is 0 Å². The Kier molecular flexibility index (Phi) is 11.0. The maximum atomic E-state index is 14.7. The Morgan fingerprint density at radius 1 is 0.975 bits per heavy atom. The van der Waals surface area contributed by atoms with Gasteiger partial charge in [-0.25, -0.2) is 12.8 Å². The molecule has 0 bridgehead atoms. The number of halogens is 3. The zero-order chi connectivity index (χ0) is 29.4. The third-order valence-electron chi connectivity index (χ3n) is 6.11. The number of nitrogens with one attached hydrogen (secondary N) is 1. The van der Waals surface area contributed by atoms with Gasteiger partial charge >= 0.3 is 0 Å². The van der Waals surface area contributed by atoms with Gasteiger partial charge in [-0.15, -0.1) is 0 Å². The molecule has 0 heterocycles. The van der Waals surface area contributed by atoms with Gasteiger partial charge in [-0.3, -0.25) is 13.9 Å². The summed E-state index contributed by atoms with van der Waals surface area (Å²) in [5, 5.41) is 3.56. The number of para-hydroxylation sites is 1. The van der Waals surface area contributed by atoms with Crippen molar-refractivity contribution in [3.63, 3.8) is 0 Å². The molecule has 0 saturated heterocycles. The number of hydrogen-bond donors (Lipinski definition) is 1. The summed E-state index contributed by atoms with van der Waals surface area (Å²) < 4.78 is 40.9. The molecule has 0 spiro atoms. The summed E-state index contributed by atoms with van der Waals surface area (Å²) >= 11 is 12.5. The van der Waals surface area contributed by atoms with Gasteiger partial charge in [0, 0.05) is 29.6 Å². The lowest BCUT2D eigenvalue weighted by molar-refractivity contribution is -0.140. The van der Waals surface area contributed by atoms with Crippen molar-refractivity contribution in [3.05, 3.63) is 99.8 Å². The number of nitrogens with zero attached hydrogens (tertiary/aromatic N) is 2. The molecule has 214 valence electrons.